The van der Waals surface area contributed by atoms with Gasteiger partial charge in [-0.3, -0.25) is 9.78 Å². The molecule has 0 aliphatic heterocycles. The van der Waals surface area contributed by atoms with Crippen LogP contribution < -0.4 is 15.4 Å². The van der Waals surface area contributed by atoms with Crippen LogP contribution in [0.4, 0.5) is 5.69 Å². The molecule has 0 bridgehead atoms. The van der Waals surface area contributed by atoms with Gasteiger partial charge >= 0.3 is 0 Å². The largest absolute Gasteiger partial charge is 0.495 e. The second kappa shape index (κ2) is 7.77. The Bertz CT molecular complexity index is 647. The molecule has 116 valence electrons. The molecule has 1 amide bonds. The molecule has 2 N–H and O–H groups in total. The van der Waals surface area contributed by atoms with Crippen molar-refractivity contribution in [2.75, 3.05) is 19.0 Å². The minimum Gasteiger partial charge on any atom is -0.495 e. The van der Waals surface area contributed by atoms with E-state index >= 15 is 0 Å². The van der Waals surface area contributed by atoms with Gasteiger partial charge in [-0.15, -0.1) is 0 Å². The molecule has 0 saturated carbocycles. The quantitative estimate of drug-likeness (QED) is 0.859. The molecule has 6 heteroatoms. The fourth-order valence-electron chi connectivity index (χ4n) is 1.95. The van der Waals surface area contributed by atoms with Gasteiger partial charge in [-0.2, -0.15) is 0 Å². The van der Waals surface area contributed by atoms with Gasteiger partial charge < -0.3 is 15.4 Å². The zero-order valence-corrected chi connectivity index (χ0v) is 13.3. The van der Waals surface area contributed by atoms with E-state index in [-0.39, 0.29) is 12.5 Å². The van der Waals surface area contributed by atoms with Crippen LogP contribution in [0.15, 0.2) is 36.7 Å². The molecular weight excluding hydrogens is 302 g/mol. The number of aryl methyl sites for hydroxylation is 1. The lowest BCUT2D eigenvalue weighted by Crippen LogP contribution is -2.27. The third-order valence-electron chi connectivity index (χ3n) is 3.12. The predicted octanol–water partition coefficient (Wildman–Crippen LogP) is 2.78. The number of carbonyl (C=O) groups excluding carboxylic acids is 1. The summed E-state index contributed by atoms with van der Waals surface area (Å²) in [7, 11) is 1.54. The number of methoxy groups -OCH3 is 1. The molecule has 22 heavy (non-hydrogen) atoms. The van der Waals surface area contributed by atoms with Crippen LogP contribution in [0.2, 0.25) is 5.02 Å². The molecule has 5 nitrogen and oxygen atoms in total. The Kier molecular flexibility index (Phi) is 5.75. The molecule has 2 rings (SSSR count). The molecule has 1 heterocycles. The van der Waals surface area contributed by atoms with Crippen LogP contribution in [0, 0.1) is 6.92 Å². The highest BCUT2D eigenvalue weighted by Crippen LogP contribution is 2.30. The van der Waals surface area contributed by atoms with Gasteiger partial charge in [0.1, 0.15) is 5.75 Å². The summed E-state index contributed by atoms with van der Waals surface area (Å²) in [5.74, 6) is 0.396. The van der Waals surface area contributed by atoms with Crippen molar-refractivity contribution in [3.63, 3.8) is 0 Å². The minimum absolute atomic E-state index is 0.144. The van der Waals surface area contributed by atoms with Gasteiger partial charge in [0, 0.05) is 30.0 Å². The number of nitrogens with one attached hydrogen (secondary N) is 2. The minimum atomic E-state index is -0.144. The zero-order chi connectivity index (χ0) is 15.9. The second-order valence-corrected chi connectivity index (χ2v) is 5.22. The van der Waals surface area contributed by atoms with Crippen molar-refractivity contribution in [3.8, 4) is 5.75 Å². The first-order chi connectivity index (χ1) is 10.6. The standard InChI is InChI=1S/C16H18ClN3O2/c1-11-7-14(15(22-2)8-13(11)17)20-16(21)10-19-9-12-3-5-18-6-4-12/h3-8,19H,9-10H2,1-2H3,(H,20,21). The van der Waals surface area contributed by atoms with Crippen molar-refractivity contribution < 1.29 is 9.53 Å². The van der Waals surface area contributed by atoms with Gasteiger partial charge in [-0.1, -0.05) is 11.6 Å². The van der Waals surface area contributed by atoms with E-state index in [9.17, 15) is 4.79 Å². The smallest absolute Gasteiger partial charge is 0.238 e. The number of hydrogen-bond acceptors (Lipinski definition) is 4. The van der Waals surface area contributed by atoms with Crippen molar-refractivity contribution >= 4 is 23.2 Å². The van der Waals surface area contributed by atoms with Gasteiger partial charge in [0.2, 0.25) is 5.91 Å². The van der Waals surface area contributed by atoms with E-state index in [1.54, 1.807) is 31.6 Å². The SMILES string of the molecule is COc1cc(Cl)c(C)cc1NC(=O)CNCc1ccncc1. The average Bonchev–Trinajstić information content (AvgIpc) is 2.51. The lowest BCUT2D eigenvalue weighted by Gasteiger charge is -2.12. The van der Waals surface area contributed by atoms with Crippen molar-refractivity contribution in [1.29, 1.82) is 0 Å². The van der Waals surface area contributed by atoms with Crippen LogP contribution in [0.1, 0.15) is 11.1 Å². The molecule has 0 aliphatic rings. The molecule has 0 saturated heterocycles. The maximum Gasteiger partial charge on any atom is 0.238 e. The van der Waals surface area contributed by atoms with E-state index in [1.165, 1.54) is 0 Å². The van der Waals surface area contributed by atoms with Crippen molar-refractivity contribution in [1.82, 2.24) is 10.3 Å². The fourth-order valence-corrected chi connectivity index (χ4v) is 2.10. The molecule has 1 aromatic carbocycles. The zero-order valence-electron chi connectivity index (χ0n) is 12.5. The number of benzene rings is 1. The number of halogens is 1. The Morgan fingerprint density at radius 1 is 1.32 bits per heavy atom. The highest BCUT2D eigenvalue weighted by molar-refractivity contribution is 6.31. The molecule has 1 aromatic heterocycles. The van der Waals surface area contributed by atoms with E-state index < -0.39 is 0 Å². The molecule has 0 radical (unpaired) electrons. The Morgan fingerprint density at radius 3 is 2.73 bits per heavy atom. The maximum atomic E-state index is 12.0. The first-order valence-electron chi connectivity index (χ1n) is 6.83. The third-order valence-corrected chi connectivity index (χ3v) is 3.53. The van der Waals surface area contributed by atoms with Crippen LogP contribution >= 0.6 is 11.6 Å². The van der Waals surface area contributed by atoms with Crippen LogP contribution in [0.25, 0.3) is 0 Å². The highest BCUT2D eigenvalue weighted by Gasteiger charge is 2.10. The number of nitrogens with zero attached hydrogens (tertiary/aromatic N) is 1. The van der Waals surface area contributed by atoms with E-state index in [0.717, 1.165) is 11.1 Å². The molecule has 0 aliphatic carbocycles. The van der Waals surface area contributed by atoms with Gasteiger partial charge in [-0.05, 0) is 36.2 Å². The topological polar surface area (TPSA) is 63.2 Å². The number of amides is 1. The predicted molar refractivity (Wildman–Crippen MR) is 87.3 cm³/mol. The van der Waals surface area contributed by atoms with E-state index in [2.05, 4.69) is 15.6 Å². The second-order valence-electron chi connectivity index (χ2n) is 4.81. The average molecular weight is 320 g/mol. The van der Waals surface area contributed by atoms with Crippen molar-refractivity contribution in [3.05, 3.63) is 52.8 Å². The molecular formula is C16H18ClN3O2. The summed E-state index contributed by atoms with van der Waals surface area (Å²) >= 11 is 6.04. The number of hydrogen-bond donors (Lipinski definition) is 2. The number of pyridine rings is 1. The van der Waals surface area contributed by atoms with Crippen LogP contribution in [-0.4, -0.2) is 24.5 Å². The lowest BCUT2D eigenvalue weighted by molar-refractivity contribution is -0.115. The first-order valence-corrected chi connectivity index (χ1v) is 7.21. The van der Waals surface area contributed by atoms with Crippen LogP contribution in [0.3, 0.4) is 0 Å². The monoisotopic (exact) mass is 319 g/mol. The van der Waals surface area contributed by atoms with E-state index in [0.29, 0.717) is 23.0 Å². The maximum absolute atomic E-state index is 12.0. The Morgan fingerprint density at radius 2 is 2.05 bits per heavy atom. The summed E-state index contributed by atoms with van der Waals surface area (Å²) in [6, 6.07) is 7.28. The summed E-state index contributed by atoms with van der Waals surface area (Å²) in [5.41, 5.74) is 2.56. The molecule has 2 aromatic rings. The van der Waals surface area contributed by atoms with Gasteiger partial charge in [0.25, 0.3) is 0 Å². The van der Waals surface area contributed by atoms with Crippen LogP contribution in [0.5, 0.6) is 5.75 Å². The summed E-state index contributed by atoms with van der Waals surface area (Å²) < 4.78 is 5.23. The Labute approximate surface area is 134 Å². The summed E-state index contributed by atoms with van der Waals surface area (Å²) in [6.07, 6.45) is 3.44. The highest BCUT2D eigenvalue weighted by atomic mass is 35.5. The van der Waals surface area contributed by atoms with Crippen LogP contribution in [-0.2, 0) is 11.3 Å². The van der Waals surface area contributed by atoms with Crippen molar-refractivity contribution in [2.24, 2.45) is 0 Å². The van der Waals surface area contributed by atoms with Gasteiger partial charge in [0.15, 0.2) is 0 Å². The number of rotatable bonds is 6. The number of ether oxygens (including phenoxy) is 1. The lowest BCUT2D eigenvalue weighted by atomic mass is 10.2. The number of aromatic nitrogens is 1. The first kappa shape index (κ1) is 16.3. The van der Waals surface area contributed by atoms with Gasteiger partial charge in [0.05, 0.1) is 19.3 Å². The fraction of sp³-hybridized carbons (Fsp3) is 0.250. The van der Waals surface area contributed by atoms with E-state index in [4.69, 9.17) is 16.3 Å². The summed E-state index contributed by atoms with van der Waals surface area (Å²) in [6.45, 7) is 2.68. The molecule has 0 atom stereocenters. The third kappa shape index (κ3) is 4.44. The van der Waals surface area contributed by atoms with Gasteiger partial charge in [-0.25, -0.2) is 0 Å². The molecule has 0 spiro atoms. The van der Waals surface area contributed by atoms with E-state index in [1.807, 2.05) is 19.1 Å². The Hall–Kier alpha value is -2.11. The van der Waals surface area contributed by atoms with Crippen molar-refractivity contribution in [2.45, 2.75) is 13.5 Å². The summed E-state index contributed by atoms with van der Waals surface area (Å²) in [5, 5.41) is 6.50. The number of carbonyl (C=O) groups is 1. The molecule has 0 unspecified atom stereocenters. The molecule has 0 fully saturated rings. The summed E-state index contributed by atoms with van der Waals surface area (Å²) in [4.78, 5) is 15.9. The normalized spacial score (nSPS) is 10.3. The number of anilines is 1. The Balaban J connectivity index is 1.90.